The highest BCUT2D eigenvalue weighted by Crippen LogP contribution is 2.20. The van der Waals surface area contributed by atoms with E-state index in [0.29, 0.717) is 6.54 Å². The van der Waals surface area contributed by atoms with Gasteiger partial charge < -0.3 is 19.5 Å². The van der Waals surface area contributed by atoms with Crippen molar-refractivity contribution in [3.05, 3.63) is 66.9 Å². The first kappa shape index (κ1) is 15.5. The summed E-state index contributed by atoms with van der Waals surface area (Å²) in [5, 5.41) is 3.28. The Kier molecular flexibility index (Phi) is 4.50. The van der Waals surface area contributed by atoms with Gasteiger partial charge >= 0.3 is 0 Å². The van der Waals surface area contributed by atoms with Crippen LogP contribution >= 0.6 is 0 Å². The molecule has 3 heterocycles. The summed E-state index contributed by atoms with van der Waals surface area (Å²) >= 11 is 0. The summed E-state index contributed by atoms with van der Waals surface area (Å²) in [5.74, 6) is 2.66. The van der Waals surface area contributed by atoms with Gasteiger partial charge in [0.15, 0.2) is 0 Å². The topological polar surface area (TPSA) is 57.4 Å². The van der Waals surface area contributed by atoms with Gasteiger partial charge in [0, 0.05) is 37.9 Å². The number of nitrogens with one attached hydrogen (secondary N) is 1. The van der Waals surface area contributed by atoms with Gasteiger partial charge in [-0.1, -0.05) is 18.2 Å². The highest BCUT2D eigenvalue weighted by Gasteiger charge is 2.18. The Morgan fingerprint density at radius 2 is 1.72 bits per heavy atom. The van der Waals surface area contributed by atoms with E-state index < -0.39 is 0 Å². The molecule has 1 aromatic carbocycles. The molecule has 3 aromatic rings. The van der Waals surface area contributed by atoms with Crippen molar-refractivity contribution in [3.63, 3.8) is 0 Å². The Morgan fingerprint density at radius 1 is 0.920 bits per heavy atom. The number of hydrogen-bond donors (Lipinski definition) is 1. The first-order valence-corrected chi connectivity index (χ1v) is 8.52. The fraction of sp³-hybridized carbons (Fsp3) is 0.263. The molecule has 0 amide bonds. The van der Waals surface area contributed by atoms with E-state index in [9.17, 15) is 0 Å². The fourth-order valence-electron chi connectivity index (χ4n) is 3.04. The number of piperazine rings is 1. The molecule has 0 unspecified atom stereocenters. The van der Waals surface area contributed by atoms with Crippen molar-refractivity contribution < 1.29 is 4.42 Å². The van der Waals surface area contributed by atoms with E-state index in [1.54, 1.807) is 12.6 Å². The minimum Gasteiger partial charge on any atom is -0.467 e. The van der Waals surface area contributed by atoms with Crippen LogP contribution in [-0.4, -0.2) is 36.1 Å². The Morgan fingerprint density at radius 3 is 2.48 bits per heavy atom. The average Bonchev–Trinajstić information content (AvgIpc) is 3.21. The highest BCUT2D eigenvalue weighted by molar-refractivity contribution is 5.52. The molecule has 0 bridgehead atoms. The summed E-state index contributed by atoms with van der Waals surface area (Å²) in [6, 6.07) is 16.4. The van der Waals surface area contributed by atoms with Crippen LogP contribution in [0.15, 0.2) is 65.5 Å². The van der Waals surface area contributed by atoms with E-state index in [1.807, 2.05) is 18.2 Å². The predicted octanol–water partition coefficient (Wildman–Crippen LogP) is 3.01. The van der Waals surface area contributed by atoms with Crippen molar-refractivity contribution in [2.75, 3.05) is 41.3 Å². The molecule has 1 aliphatic heterocycles. The molecule has 1 aliphatic rings. The zero-order valence-corrected chi connectivity index (χ0v) is 14.0. The molecule has 2 aromatic heterocycles. The Labute approximate surface area is 147 Å². The monoisotopic (exact) mass is 335 g/mol. The fourth-order valence-corrected chi connectivity index (χ4v) is 3.04. The lowest BCUT2D eigenvalue weighted by Gasteiger charge is -2.36. The van der Waals surface area contributed by atoms with Gasteiger partial charge in [-0.3, -0.25) is 0 Å². The number of benzene rings is 1. The Bertz CT molecular complexity index is 783. The van der Waals surface area contributed by atoms with E-state index in [-0.39, 0.29) is 0 Å². The van der Waals surface area contributed by atoms with Crippen LogP contribution < -0.4 is 15.1 Å². The van der Waals surface area contributed by atoms with Crippen LogP contribution in [0, 0.1) is 0 Å². The molecule has 25 heavy (non-hydrogen) atoms. The maximum absolute atomic E-state index is 5.33. The first-order chi connectivity index (χ1) is 12.4. The molecule has 1 saturated heterocycles. The summed E-state index contributed by atoms with van der Waals surface area (Å²) < 4.78 is 5.33. The lowest BCUT2D eigenvalue weighted by Crippen LogP contribution is -2.46. The summed E-state index contributed by atoms with van der Waals surface area (Å²) in [7, 11) is 0. The minimum absolute atomic E-state index is 0.616. The summed E-state index contributed by atoms with van der Waals surface area (Å²) in [5.41, 5.74) is 1.28. The number of anilines is 3. The second-order valence-electron chi connectivity index (χ2n) is 6.00. The molecule has 6 nitrogen and oxygen atoms in total. The molecule has 1 N–H and O–H groups in total. The summed E-state index contributed by atoms with van der Waals surface area (Å²) in [4.78, 5) is 13.4. The second-order valence-corrected chi connectivity index (χ2v) is 6.00. The van der Waals surface area contributed by atoms with Crippen LogP contribution in [0.2, 0.25) is 0 Å². The number of nitrogens with zero attached hydrogens (tertiary/aromatic N) is 4. The summed E-state index contributed by atoms with van der Waals surface area (Å²) in [6.07, 6.45) is 3.29. The maximum Gasteiger partial charge on any atom is 0.134 e. The van der Waals surface area contributed by atoms with Gasteiger partial charge in [0.25, 0.3) is 0 Å². The van der Waals surface area contributed by atoms with E-state index in [4.69, 9.17) is 4.42 Å². The number of hydrogen-bond acceptors (Lipinski definition) is 6. The zero-order valence-electron chi connectivity index (χ0n) is 14.0. The van der Waals surface area contributed by atoms with Gasteiger partial charge in [-0.2, -0.15) is 0 Å². The predicted molar refractivity (Wildman–Crippen MR) is 98.9 cm³/mol. The van der Waals surface area contributed by atoms with Gasteiger partial charge in [0.2, 0.25) is 0 Å². The van der Waals surface area contributed by atoms with Crippen molar-refractivity contribution in [2.24, 2.45) is 0 Å². The van der Waals surface area contributed by atoms with Gasteiger partial charge in [-0.15, -0.1) is 0 Å². The van der Waals surface area contributed by atoms with Crippen LogP contribution in [0.3, 0.4) is 0 Å². The smallest absolute Gasteiger partial charge is 0.134 e. The lowest BCUT2D eigenvalue weighted by molar-refractivity contribution is 0.518. The largest absolute Gasteiger partial charge is 0.467 e. The number of rotatable bonds is 5. The first-order valence-electron chi connectivity index (χ1n) is 8.52. The molecule has 1 fully saturated rings. The molecule has 128 valence electrons. The standard InChI is InChI=1S/C19H21N5O/c1-2-5-16(6-3-1)23-8-10-24(11-9-23)19-13-18(21-15-22-19)20-14-17-7-4-12-25-17/h1-7,12-13,15H,8-11,14H2,(H,20,21,22). The number of furan rings is 1. The van der Waals surface area contributed by atoms with Crippen LogP contribution in [0.5, 0.6) is 0 Å². The van der Waals surface area contributed by atoms with E-state index in [2.05, 4.69) is 55.4 Å². The Balaban J connectivity index is 1.37. The van der Waals surface area contributed by atoms with Crippen molar-refractivity contribution >= 4 is 17.3 Å². The average molecular weight is 335 g/mol. The third kappa shape index (κ3) is 3.74. The minimum atomic E-state index is 0.616. The summed E-state index contributed by atoms with van der Waals surface area (Å²) in [6.45, 7) is 4.49. The molecule has 0 atom stereocenters. The van der Waals surface area contributed by atoms with Crippen molar-refractivity contribution in [2.45, 2.75) is 6.54 Å². The lowest BCUT2D eigenvalue weighted by atomic mass is 10.2. The van der Waals surface area contributed by atoms with Crippen molar-refractivity contribution in [1.82, 2.24) is 9.97 Å². The van der Waals surface area contributed by atoms with Gasteiger partial charge in [-0.05, 0) is 24.3 Å². The normalized spacial score (nSPS) is 14.6. The van der Waals surface area contributed by atoms with Crippen LogP contribution in [0.4, 0.5) is 17.3 Å². The van der Waals surface area contributed by atoms with E-state index in [1.165, 1.54) is 5.69 Å². The van der Waals surface area contributed by atoms with Gasteiger partial charge in [-0.25, -0.2) is 9.97 Å². The molecule has 4 rings (SSSR count). The van der Waals surface area contributed by atoms with Crippen LogP contribution in [-0.2, 0) is 6.54 Å². The van der Waals surface area contributed by atoms with Crippen LogP contribution in [0.25, 0.3) is 0 Å². The number of aromatic nitrogens is 2. The van der Waals surface area contributed by atoms with Gasteiger partial charge in [0.05, 0.1) is 12.8 Å². The molecule has 0 saturated carbocycles. The Hall–Kier alpha value is -3.02. The zero-order chi connectivity index (χ0) is 16.9. The number of para-hydroxylation sites is 1. The molecule has 0 radical (unpaired) electrons. The molecular formula is C19H21N5O. The van der Waals surface area contributed by atoms with Crippen LogP contribution in [0.1, 0.15) is 5.76 Å². The molecule has 0 spiro atoms. The quantitative estimate of drug-likeness (QED) is 0.773. The van der Waals surface area contributed by atoms with E-state index in [0.717, 1.165) is 43.6 Å². The molecular weight excluding hydrogens is 314 g/mol. The van der Waals surface area contributed by atoms with Crippen molar-refractivity contribution in [3.8, 4) is 0 Å². The molecule has 6 heteroatoms. The second kappa shape index (κ2) is 7.25. The van der Waals surface area contributed by atoms with E-state index >= 15 is 0 Å². The molecule has 0 aliphatic carbocycles. The highest BCUT2D eigenvalue weighted by atomic mass is 16.3. The maximum atomic E-state index is 5.33. The SMILES string of the molecule is c1ccc(N2CCN(c3cc(NCc4ccco4)ncn3)CC2)cc1. The van der Waals surface area contributed by atoms with Gasteiger partial charge in [0.1, 0.15) is 23.7 Å². The third-order valence-electron chi connectivity index (χ3n) is 4.40. The van der Waals surface area contributed by atoms with Crippen molar-refractivity contribution in [1.29, 1.82) is 0 Å². The third-order valence-corrected chi connectivity index (χ3v) is 4.40.